The summed E-state index contributed by atoms with van der Waals surface area (Å²) in [5.41, 5.74) is 3.67. The van der Waals surface area contributed by atoms with E-state index < -0.39 is 0 Å². The van der Waals surface area contributed by atoms with Crippen LogP contribution >= 0.6 is 34.8 Å². The van der Waals surface area contributed by atoms with Gasteiger partial charge in [0.05, 0.1) is 21.4 Å². The van der Waals surface area contributed by atoms with E-state index in [2.05, 4.69) is 5.32 Å². The normalized spacial score (nSPS) is 11.5. The van der Waals surface area contributed by atoms with Crippen molar-refractivity contribution in [2.45, 2.75) is 13.8 Å². The minimum absolute atomic E-state index is 0.508. The summed E-state index contributed by atoms with van der Waals surface area (Å²) in [6.45, 7) is 4.67. The number of nitrogens with one attached hydrogen (secondary N) is 1. The van der Waals surface area contributed by atoms with Crippen molar-refractivity contribution in [2.75, 3.05) is 23.9 Å². The van der Waals surface area contributed by atoms with Crippen LogP contribution in [-0.4, -0.2) is 19.3 Å². The molecule has 0 aliphatic carbocycles. The highest BCUT2D eigenvalue weighted by Gasteiger charge is 2.10. The Labute approximate surface area is 151 Å². The van der Waals surface area contributed by atoms with Crippen LogP contribution in [-0.2, 0) is 0 Å². The van der Waals surface area contributed by atoms with Crippen molar-refractivity contribution in [3.63, 3.8) is 0 Å². The second-order valence-corrected chi connectivity index (χ2v) is 6.19. The van der Waals surface area contributed by atoms with E-state index in [0.717, 1.165) is 22.6 Å². The fourth-order valence-corrected chi connectivity index (χ4v) is 2.69. The third-order valence-electron chi connectivity index (χ3n) is 3.41. The maximum absolute atomic E-state index is 6.12. The summed E-state index contributed by atoms with van der Waals surface area (Å²) < 4.78 is 0. The second-order valence-electron chi connectivity index (χ2n) is 4.94. The van der Waals surface area contributed by atoms with Crippen LogP contribution in [0.2, 0.25) is 15.1 Å². The van der Waals surface area contributed by atoms with E-state index >= 15 is 0 Å². The molecule has 0 saturated carbocycles. The van der Waals surface area contributed by atoms with Crippen LogP contribution in [0.4, 0.5) is 11.4 Å². The molecule has 0 saturated heterocycles. The van der Waals surface area contributed by atoms with Crippen molar-refractivity contribution < 1.29 is 0 Å². The first kappa shape index (κ1) is 17.9. The van der Waals surface area contributed by atoms with Crippen molar-refractivity contribution in [2.24, 2.45) is 5.10 Å². The number of anilines is 2. The Morgan fingerprint density at radius 1 is 1.09 bits per heavy atom. The molecule has 6 heteroatoms. The highest BCUT2D eigenvalue weighted by atomic mass is 35.5. The van der Waals surface area contributed by atoms with Crippen molar-refractivity contribution in [1.29, 1.82) is 0 Å². The lowest BCUT2D eigenvalue weighted by molar-refractivity contribution is 0.892. The Morgan fingerprint density at radius 2 is 1.83 bits per heavy atom. The molecule has 0 aliphatic heterocycles. The lowest BCUT2D eigenvalue weighted by Crippen LogP contribution is -2.18. The third-order valence-corrected chi connectivity index (χ3v) is 4.39. The monoisotopic (exact) mass is 369 g/mol. The van der Waals surface area contributed by atoms with Gasteiger partial charge in [0.15, 0.2) is 0 Å². The zero-order chi connectivity index (χ0) is 17.0. The molecule has 0 aliphatic rings. The average molecular weight is 371 g/mol. The second kappa shape index (κ2) is 7.91. The number of benzene rings is 2. The van der Waals surface area contributed by atoms with E-state index in [9.17, 15) is 0 Å². The van der Waals surface area contributed by atoms with Gasteiger partial charge in [0.1, 0.15) is 0 Å². The van der Waals surface area contributed by atoms with Crippen molar-refractivity contribution in [1.82, 2.24) is 0 Å². The summed E-state index contributed by atoms with van der Waals surface area (Å²) in [5.74, 6) is 0. The van der Waals surface area contributed by atoms with Gasteiger partial charge < -0.3 is 5.32 Å². The highest BCUT2D eigenvalue weighted by Crippen LogP contribution is 2.28. The first-order valence-corrected chi connectivity index (χ1v) is 8.35. The van der Waals surface area contributed by atoms with Gasteiger partial charge in [0.2, 0.25) is 0 Å². The molecule has 0 radical (unpaired) electrons. The smallest absolute Gasteiger partial charge is 0.0672 e. The van der Waals surface area contributed by atoms with Crippen molar-refractivity contribution in [3.8, 4) is 0 Å². The first-order chi connectivity index (χ1) is 11.0. The molecule has 2 rings (SSSR count). The van der Waals surface area contributed by atoms with Gasteiger partial charge in [-0.3, -0.25) is 5.01 Å². The standard InChI is InChI=1S/C17H18Cl3N3/c1-4-23(13-6-7-15(19)16(20)10-13)22-11(2)14-9-12(18)5-8-17(14)21-3/h5-10,21H,4H2,1-3H3/b22-11-. The van der Waals surface area contributed by atoms with E-state index in [1.54, 1.807) is 12.1 Å². The molecule has 0 heterocycles. The highest BCUT2D eigenvalue weighted by molar-refractivity contribution is 6.42. The third kappa shape index (κ3) is 4.31. The molecule has 3 nitrogen and oxygen atoms in total. The number of hydrogen-bond donors (Lipinski definition) is 1. The minimum atomic E-state index is 0.508. The maximum Gasteiger partial charge on any atom is 0.0672 e. The van der Waals surface area contributed by atoms with E-state index in [-0.39, 0.29) is 0 Å². The zero-order valence-corrected chi connectivity index (χ0v) is 15.5. The van der Waals surface area contributed by atoms with Crippen LogP contribution in [0, 0.1) is 0 Å². The first-order valence-electron chi connectivity index (χ1n) is 7.21. The molecular weight excluding hydrogens is 353 g/mol. The summed E-state index contributed by atoms with van der Waals surface area (Å²) in [4.78, 5) is 0. The van der Waals surface area contributed by atoms with Crippen LogP contribution < -0.4 is 10.3 Å². The number of hydrogen-bond acceptors (Lipinski definition) is 3. The van der Waals surface area contributed by atoms with E-state index in [1.165, 1.54) is 0 Å². The van der Waals surface area contributed by atoms with Gasteiger partial charge in [-0.15, -0.1) is 0 Å². The number of hydrazone groups is 1. The Hall–Kier alpha value is -1.42. The van der Waals surface area contributed by atoms with Gasteiger partial charge >= 0.3 is 0 Å². The predicted molar refractivity (Wildman–Crippen MR) is 103 cm³/mol. The lowest BCUT2D eigenvalue weighted by atomic mass is 10.1. The molecule has 2 aromatic rings. The quantitative estimate of drug-likeness (QED) is 0.521. The summed E-state index contributed by atoms with van der Waals surface area (Å²) in [6.07, 6.45) is 0. The van der Waals surface area contributed by atoms with Gasteiger partial charge in [-0.05, 0) is 50.2 Å². The Bertz CT molecular complexity index is 729. The zero-order valence-electron chi connectivity index (χ0n) is 13.2. The fourth-order valence-electron chi connectivity index (χ4n) is 2.23. The number of nitrogens with zero attached hydrogens (tertiary/aromatic N) is 2. The SMILES string of the molecule is CCN(/N=C(/C)c1cc(Cl)ccc1NC)c1ccc(Cl)c(Cl)c1. The topological polar surface area (TPSA) is 27.6 Å². The predicted octanol–water partition coefficient (Wildman–Crippen LogP) is 5.94. The van der Waals surface area contributed by atoms with Gasteiger partial charge in [0.25, 0.3) is 0 Å². The largest absolute Gasteiger partial charge is 0.388 e. The summed E-state index contributed by atoms with van der Waals surface area (Å²) in [5, 5.41) is 11.4. The number of rotatable bonds is 5. The molecule has 122 valence electrons. The summed E-state index contributed by atoms with van der Waals surface area (Å²) in [7, 11) is 1.87. The van der Waals surface area contributed by atoms with Gasteiger partial charge in [-0.1, -0.05) is 34.8 Å². The summed E-state index contributed by atoms with van der Waals surface area (Å²) in [6, 6.07) is 11.2. The molecule has 0 atom stereocenters. The summed E-state index contributed by atoms with van der Waals surface area (Å²) >= 11 is 18.2. The molecule has 0 unspecified atom stereocenters. The molecule has 0 amide bonds. The van der Waals surface area contributed by atoms with Crippen LogP contribution in [0.25, 0.3) is 0 Å². The van der Waals surface area contributed by atoms with Gasteiger partial charge in [-0.25, -0.2) is 0 Å². The van der Waals surface area contributed by atoms with Crippen molar-refractivity contribution >= 4 is 51.9 Å². The van der Waals surface area contributed by atoms with Crippen LogP contribution in [0.3, 0.4) is 0 Å². The lowest BCUT2D eigenvalue weighted by Gasteiger charge is -2.20. The minimum Gasteiger partial charge on any atom is -0.388 e. The van der Waals surface area contributed by atoms with E-state index in [0.29, 0.717) is 21.6 Å². The molecule has 0 aromatic heterocycles. The Kier molecular flexibility index (Phi) is 6.17. The average Bonchev–Trinajstić information content (AvgIpc) is 2.55. The maximum atomic E-state index is 6.12. The molecule has 2 aromatic carbocycles. The molecule has 0 fully saturated rings. The van der Waals surface area contributed by atoms with Crippen LogP contribution in [0.5, 0.6) is 0 Å². The van der Waals surface area contributed by atoms with E-state index in [4.69, 9.17) is 39.9 Å². The fraction of sp³-hybridized carbons (Fsp3) is 0.235. The van der Waals surface area contributed by atoms with Gasteiger partial charge in [-0.2, -0.15) is 5.10 Å². The molecule has 23 heavy (non-hydrogen) atoms. The molecular formula is C17H18Cl3N3. The molecule has 0 bridgehead atoms. The van der Waals surface area contributed by atoms with Crippen molar-refractivity contribution in [3.05, 3.63) is 57.0 Å². The number of halogens is 3. The van der Waals surface area contributed by atoms with E-state index in [1.807, 2.05) is 50.2 Å². The molecule has 1 N–H and O–H groups in total. The van der Waals surface area contributed by atoms with Gasteiger partial charge in [0, 0.05) is 29.9 Å². The Balaban J connectivity index is 2.41. The van der Waals surface area contributed by atoms with Crippen LogP contribution in [0.15, 0.2) is 41.5 Å². The molecule has 0 spiro atoms. The van der Waals surface area contributed by atoms with Crippen LogP contribution in [0.1, 0.15) is 19.4 Å². The Morgan fingerprint density at radius 3 is 2.43 bits per heavy atom.